The van der Waals surface area contributed by atoms with E-state index in [1.54, 1.807) is 0 Å². The number of amides is 1. The van der Waals surface area contributed by atoms with Crippen LogP contribution in [-0.2, 0) is 11.3 Å². The molecule has 2 aromatic rings. The van der Waals surface area contributed by atoms with Crippen LogP contribution in [0.1, 0.15) is 16.8 Å². The van der Waals surface area contributed by atoms with Crippen LogP contribution in [0.5, 0.6) is 0 Å². The minimum Gasteiger partial charge on any atom is -0.342 e. The molecule has 0 aliphatic carbocycles. The Morgan fingerprint density at radius 2 is 1.95 bits per heavy atom. The second-order valence-electron chi connectivity index (χ2n) is 4.68. The smallest absolute Gasteiger partial charge is 0.244 e. The number of hydrogen-bond acceptors (Lipinski definition) is 1. The van der Waals surface area contributed by atoms with Crippen LogP contribution in [0.25, 0.3) is 0 Å². The van der Waals surface area contributed by atoms with Gasteiger partial charge in [-0.2, -0.15) is 0 Å². The van der Waals surface area contributed by atoms with Crippen LogP contribution in [0.3, 0.4) is 0 Å². The molecule has 0 saturated heterocycles. The highest BCUT2D eigenvalue weighted by Crippen LogP contribution is 2.21. The van der Waals surface area contributed by atoms with Gasteiger partial charge in [0.15, 0.2) is 0 Å². The highest BCUT2D eigenvalue weighted by molar-refractivity contribution is 9.10. The second-order valence-corrected chi connectivity index (χ2v) is 5.53. The number of para-hydroxylation sites is 1. The quantitative estimate of drug-likeness (QED) is 0.916. The van der Waals surface area contributed by atoms with Crippen molar-refractivity contribution in [2.24, 2.45) is 0 Å². The van der Waals surface area contributed by atoms with Crippen molar-refractivity contribution in [2.75, 3.05) is 5.32 Å². The first kappa shape index (κ1) is 13.9. The van der Waals surface area contributed by atoms with Gasteiger partial charge in [-0.15, -0.1) is 0 Å². The Bertz CT molecular complexity index is 617. The SMILES string of the molecule is Cc1cn(CC(=O)Nc2ccccc2Br)c(C)c1C. The molecule has 4 heteroatoms. The molecule has 0 saturated carbocycles. The van der Waals surface area contributed by atoms with Gasteiger partial charge in [0.25, 0.3) is 0 Å². The number of halogens is 1. The van der Waals surface area contributed by atoms with Crippen molar-refractivity contribution in [1.82, 2.24) is 4.57 Å². The molecule has 0 fully saturated rings. The molecule has 0 aliphatic rings. The topological polar surface area (TPSA) is 34.0 Å². The van der Waals surface area contributed by atoms with Crippen molar-refractivity contribution in [3.8, 4) is 0 Å². The van der Waals surface area contributed by atoms with E-state index in [2.05, 4.69) is 35.1 Å². The van der Waals surface area contributed by atoms with Gasteiger partial charge >= 0.3 is 0 Å². The molecule has 3 nitrogen and oxygen atoms in total. The summed E-state index contributed by atoms with van der Waals surface area (Å²) in [7, 11) is 0. The largest absolute Gasteiger partial charge is 0.342 e. The van der Waals surface area contributed by atoms with E-state index < -0.39 is 0 Å². The lowest BCUT2D eigenvalue weighted by atomic mass is 10.2. The van der Waals surface area contributed by atoms with Gasteiger partial charge in [-0.1, -0.05) is 12.1 Å². The molecule has 1 aromatic heterocycles. The number of anilines is 1. The lowest BCUT2D eigenvalue weighted by Crippen LogP contribution is -2.19. The zero-order chi connectivity index (χ0) is 14.0. The predicted octanol–water partition coefficient (Wildman–Crippen LogP) is 3.81. The van der Waals surface area contributed by atoms with E-state index in [9.17, 15) is 4.79 Å². The average Bonchev–Trinajstić information content (AvgIpc) is 2.60. The molecule has 0 spiro atoms. The highest BCUT2D eigenvalue weighted by Gasteiger charge is 2.10. The zero-order valence-electron chi connectivity index (χ0n) is 11.3. The number of nitrogens with zero attached hydrogens (tertiary/aromatic N) is 1. The van der Waals surface area contributed by atoms with Crippen LogP contribution in [0.2, 0.25) is 0 Å². The van der Waals surface area contributed by atoms with E-state index in [4.69, 9.17) is 0 Å². The van der Waals surface area contributed by atoms with Crippen molar-refractivity contribution in [2.45, 2.75) is 27.3 Å². The van der Waals surface area contributed by atoms with Crippen molar-refractivity contribution in [1.29, 1.82) is 0 Å². The van der Waals surface area contributed by atoms with Crippen molar-refractivity contribution < 1.29 is 4.79 Å². The van der Waals surface area contributed by atoms with Crippen molar-refractivity contribution in [3.05, 3.63) is 51.8 Å². The van der Waals surface area contributed by atoms with Crippen LogP contribution in [-0.4, -0.2) is 10.5 Å². The third kappa shape index (κ3) is 3.07. The number of rotatable bonds is 3. The van der Waals surface area contributed by atoms with Crippen LogP contribution >= 0.6 is 15.9 Å². The number of aromatic nitrogens is 1. The molecular formula is C15H17BrN2O. The minimum absolute atomic E-state index is 0.0231. The molecule has 1 heterocycles. The second kappa shape index (κ2) is 5.61. The lowest BCUT2D eigenvalue weighted by molar-refractivity contribution is -0.116. The Balaban J connectivity index is 2.10. The fourth-order valence-corrected chi connectivity index (χ4v) is 2.38. The first-order chi connectivity index (χ1) is 8.99. The summed E-state index contributed by atoms with van der Waals surface area (Å²) in [5.41, 5.74) is 4.39. The van der Waals surface area contributed by atoms with Gasteiger partial charge < -0.3 is 9.88 Å². The average molecular weight is 321 g/mol. The molecule has 0 aliphatic heterocycles. The monoisotopic (exact) mass is 320 g/mol. The number of nitrogens with one attached hydrogen (secondary N) is 1. The Labute approximate surface area is 121 Å². The summed E-state index contributed by atoms with van der Waals surface area (Å²) in [5.74, 6) is -0.0231. The van der Waals surface area contributed by atoms with Crippen LogP contribution in [0, 0.1) is 20.8 Å². The summed E-state index contributed by atoms with van der Waals surface area (Å²) in [6.45, 7) is 6.51. The summed E-state index contributed by atoms with van der Waals surface area (Å²) >= 11 is 3.42. The normalized spacial score (nSPS) is 10.5. The summed E-state index contributed by atoms with van der Waals surface area (Å²) in [5, 5.41) is 2.91. The molecule has 2 rings (SSSR count). The fourth-order valence-electron chi connectivity index (χ4n) is 2.00. The Morgan fingerprint density at radius 3 is 2.53 bits per heavy atom. The summed E-state index contributed by atoms with van der Waals surface area (Å²) in [4.78, 5) is 12.1. The maximum Gasteiger partial charge on any atom is 0.244 e. The molecule has 0 unspecified atom stereocenters. The Kier molecular flexibility index (Phi) is 4.10. The third-order valence-corrected chi connectivity index (χ3v) is 4.07. The van der Waals surface area contributed by atoms with Gasteiger partial charge in [0.2, 0.25) is 5.91 Å². The molecular weight excluding hydrogens is 304 g/mol. The summed E-state index contributed by atoms with van der Waals surface area (Å²) < 4.78 is 2.87. The van der Waals surface area contributed by atoms with E-state index in [1.807, 2.05) is 42.0 Å². The summed E-state index contributed by atoms with van der Waals surface area (Å²) in [6.07, 6.45) is 2.02. The minimum atomic E-state index is -0.0231. The molecule has 1 N–H and O–H groups in total. The molecule has 0 radical (unpaired) electrons. The van der Waals surface area contributed by atoms with Gasteiger partial charge in [-0.25, -0.2) is 0 Å². The number of aryl methyl sites for hydroxylation is 1. The predicted molar refractivity (Wildman–Crippen MR) is 81.4 cm³/mol. The van der Waals surface area contributed by atoms with E-state index in [0.717, 1.165) is 15.9 Å². The molecule has 1 amide bonds. The van der Waals surface area contributed by atoms with E-state index in [1.165, 1.54) is 11.1 Å². The molecule has 1 aromatic carbocycles. The zero-order valence-corrected chi connectivity index (χ0v) is 12.9. The number of hydrogen-bond donors (Lipinski definition) is 1. The Hall–Kier alpha value is -1.55. The van der Waals surface area contributed by atoms with Crippen molar-refractivity contribution >= 4 is 27.5 Å². The standard InChI is InChI=1S/C15H17BrN2O/c1-10-8-18(12(3)11(10)2)9-15(19)17-14-7-5-4-6-13(14)16/h4-8H,9H2,1-3H3,(H,17,19). The van der Waals surface area contributed by atoms with E-state index in [-0.39, 0.29) is 5.91 Å². The van der Waals surface area contributed by atoms with Gasteiger partial charge in [0, 0.05) is 16.4 Å². The number of benzene rings is 1. The van der Waals surface area contributed by atoms with Crippen molar-refractivity contribution in [3.63, 3.8) is 0 Å². The van der Waals surface area contributed by atoms with E-state index in [0.29, 0.717) is 6.54 Å². The number of carbonyl (C=O) groups excluding carboxylic acids is 1. The van der Waals surface area contributed by atoms with Gasteiger partial charge in [0.1, 0.15) is 6.54 Å². The van der Waals surface area contributed by atoms with E-state index >= 15 is 0 Å². The highest BCUT2D eigenvalue weighted by atomic mass is 79.9. The first-order valence-corrected chi connectivity index (χ1v) is 6.95. The first-order valence-electron chi connectivity index (χ1n) is 6.16. The number of carbonyl (C=O) groups is 1. The van der Waals surface area contributed by atoms with Gasteiger partial charge in [-0.3, -0.25) is 4.79 Å². The fraction of sp³-hybridized carbons (Fsp3) is 0.267. The van der Waals surface area contributed by atoms with Gasteiger partial charge in [-0.05, 0) is 60.0 Å². The third-order valence-electron chi connectivity index (χ3n) is 3.38. The van der Waals surface area contributed by atoms with Crippen LogP contribution in [0.15, 0.2) is 34.9 Å². The van der Waals surface area contributed by atoms with Crippen LogP contribution < -0.4 is 5.32 Å². The summed E-state index contributed by atoms with van der Waals surface area (Å²) in [6, 6.07) is 7.60. The molecule has 19 heavy (non-hydrogen) atoms. The molecule has 0 bridgehead atoms. The van der Waals surface area contributed by atoms with Crippen LogP contribution in [0.4, 0.5) is 5.69 Å². The molecule has 0 atom stereocenters. The maximum absolute atomic E-state index is 12.1. The lowest BCUT2D eigenvalue weighted by Gasteiger charge is -2.09. The molecule has 100 valence electrons. The maximum atomic E-state index is 12.1. The Morgan fingerprint density at radius 1 is 1.26 bits per heavy atom. The van der Waals surface area contributed by atoms with Gasteiger partial charge in [0.05, 0.1) is 5.69 Å².